The van der Waals surface area contributed by atoms with E-state index in [4.69, 9.17) is 4.74 Å². The zero-order valence-electron chi connectivity index (χ0n) is 18.3. The first-order chi connectivity index (χ1) is 14.2. The first kappa shape index (κ1) is 21.6. The van der Waals surface area contributed by atoms with Gasteiger partial charge in [0.2, 0.25) is 0 Å². The molecular weight excluding hydrogens is 378 g/mol. The zero-order valence-corrected chi connectivity index (χ0v) is 18.3. The van der Waals surface area contributed by atoms with Crippen molar-refractivity contribution < 1.29 is 9.53 Å². The van der Waals surface area contributed by atoms with Crippen LogP contribution in [0.2, 0.25) is 0 Å². The van der Waals surface area contributed by atoms with E-state index in [9.17, 15) is 9.59 Å². The van der Waals surface area contributed by atoms with Crippen LogP contribution < -0.4 is 15.6 Å². The number of ether oxygens (including phenoxy) is 1. The number of hydrogen-bond acceptors (Lipinski definition) is 4. The number of hydrogen-bond donors (Lipinski definition) is 1. The van der Waals surface area contributed by atoms with Gasteiger partial charge in [-0.05, 0) is 55.2 Å². The van der Waals surface area contributed by atoms with Gasteiger partial charge in [-0.25, -0.2) is 4.98 Å². The smallest absolute Gasteiger partial charge is 0.272 e. The Labute approximate surface area is 176 Å². The fourth-order valence-electron chi connectivity index (χ4n) is 3.32. The molecule has 0 spiro atoms. The summed E-state index contributed by atoms with van der Waals surface area (Å²) in [6, 6.07) is 13.2. The van der Waals surface area contributed by atoms with Gasteiger partial charge in [0.05, 0.1) is 17.6 Å². The molecule has 0 aliphatic heterocycles. The van der Waals surface area contributed by atoms with Crippen molar-refractivity contribution in [2.75, 3.05) is 13.2 Å². The second-order valence-corrected chi connectivity index (χ2v) is 8.33. The Hall–Kier alpha value is -3.15. The van der Waals surface area contributed by atoms with E-state index in [0.717, 1.165) is 11.3 Å². The van der Waals surface area contributed by atoms with Gasteiger partial charge in [0.15, 0.2) is 0 Å². The minimum absolute atomic E-state index is 0.102. The molecule has 3 rings (SSSR count). The van der Waals surface area contributed by atoms with E-state index in [1.807, 2.05) is 19.1 Å². The van der Waals surface area contributed by atoms with Crippen molar-refractivity contribution in [1.29, 1.82) is 0 Å². The van der Waals surface area contributed by atoms with E-state index in [0.29, 0.717) is 36.5 Å². The van der Waals surface area contributed by atoms with Crippen molar-refractivity contribution in [2.24, 2.45) is 0 Å². The van der Waals surface area contributed by atoms with Crippen molar-refractivity contribution in [1.82, 2.24) is 14.9 Å². The van der Waals surface area contributed by atoms with E-state index < -0.39 is 0 Å². The number of nitrogens with zero attached hydrogens (tertiary/aromatic N) is 2. The molecule has 1 aromatic heterocycles. The molecule has 1 heterocycles. The third-order valence-corrected chi connectivity index (χ3v) is 5.06. The summed E-state index contributed by atoms with van der Waals surface area (Å²) in [6.45, 7) is 11.4. The Morgan fingerprint density at radius 1 is 1.13 bits per heavy atom. The number of benzene rings is 2. The van der Waals surface area contributed by atoms with Crippen LogP contribution in [0.3, 0.4) is 0 Å². The Morgan fingerprint density at radius 3 is 2.47 bits per heavy atom. The minimum Gasteiger partial charge on any atom is -0.492 e. The van der Waals surface area contributed by atoms with Gasteiger partial charge < -0.3 is 14.6 Å². The van der Waals surface area contributed by atoms with Gasteiger partial charge in [0.1, 0.15) is 18.1 Å². The van der Waals surface area contributed by atoms with Crippen LogP contribution in [0.5, 0.6) is 5.75 Å². The Morgan fingerprint density at radius 2 is 1.83 bits per heavy atom. The summed E-state index contributed by atoms with van der Waals surface area (Å²) in [5, 5.41) is 2.86. The molecule has 0 aliphatic rings. The quantitative estimate of drug-likeness (QED) is 0.630. The zero-order chi connectivity index (χ0) is 21.9. The summed E-state index contributed by atoms with van der Waals surface area (Å²) in [5.74, 6) is 0.581. The van der Waals surface area contributed by atoms with Crippen LogP contribution in [-0.4, -0.2) is 28.6 Å². The Kier molecular flexibility index (Phi) is 6.25. The van der Waals surface area contributed by atoms with E-state index in [1.165, 1.54) is 5.56 Å². The predicted octanol–water partition coefficient (Wildman–Crippen LogP) is 3.83. The molecule has 30 heavy (non-hydrogen) atoms. The number of aromatic nitrogens is 2. The van der Waals surface area contributed by atoms with E-state index in [1.54, 1.807) is 29.7 Å². The topological polar surface area (TPSA) is 73.2 Å². The molecule has 0 unspecified atom stereocenters. The second-order valence-electron chi connectivity index (χ2n) is 8.33. The molecule has 0 bridgehead atoms. The first-order valence-electron chi connectivity index (χ1n) is 10.2. The van der Waals surface area contributed by atoms with Crippen molar-refractivity contribution in [3.8, 4) is 5.75 Å². The fraction of sp³-hybridized carbons (Fsp3) is 0.375. The monoisotopic (exact) mass is 407 g/mol. The molecule has 2 aromatic carbocycles. The lowest BCUT2D eigenvalue weighted by atomic mass is 9.87. The van der Waals surface area contributed by atoms with Gasteiger partial charge in [0, 0.05) is 12.1 Å². The van der Waals surface area contributed by atoms with Crippen molar-refractivity contribution >= 4 is 16.9 Å². The lowest BCUT2D eigenvalue weighted by Crippen LogP contribution is -2.28. The number of carbonyl (C=O) groups is 1. The fourth-order valence-corrected chi connectivity index (χ4v) is 3.32. The van der Waals surface area contributed by atoms with Crippen molar-refractivity contribution in [3.05, 3.63) is 69.6 Å². The second kappa shape index (κ2) is 8.69. The average molecular weight is 408 g/mol. The van der Waals surface area contributed by atoms with Gasteiger partial charge in [-0.1, -0.05) is 32.9 Å². The minimum atomic E-state index is -0.197. The molecule has 1 N–H and O–H groups in total. The van der Waals surface area contributed by atoms with Gasteiger partial charge in [0.25, 0.3) is 11.5 Å². The molecule has 6 heteroatoms. The van der Waals surface area contributed by atoms with Crippen LogP contribution >= 0.6 is 0 Å². The third kappa shape index (κ3) is 4.70. The van der Waals surface area contributed by atoms with E-state index >= 15 is 0 Å². The molecule has 0 fully saturated rings. The number of aryl methyl sites for hydroxylation is 2. The molecule has 0 aliphatic carbocycles. The van der Waals surface area contributed by atoms with Gasteiger partial charge in [-0.2, -0.15) is 0 Å². The van der Waals surface area contributed by atoms with Crippen molar-refractivity contribution in [2.45, 2.75) is 46.6 Å². The number of carbonyl (C=O) groups excluding carboxylic acids is 1. The van der Waals surface area contributed by atoms with Gasteiger partial charge in [-0.15, -0.1) is 0 Å². The van der Waals surface area contributed by atoms with Crippen LogP contribution in [0, 0.1) is 6.92 Å². The number of rotatable bonds is 6. The molecular formula is C24H29N3O3. The summed E-state index contributed by atoms with van der Waals surface area (Å²) >= 11 is 0. The molecule has 1 amide bonds. The van der Waals surface area contributed by atoms with E-state index in [-0.39, 0.29) is 16.9 Å². The molecule has 3 aromatic rings. The lowest BCUT2D eigenvalue weighted by molar-refractivity contribution is 0.0947. The highest BCUT2D eigenvalue weighted by atomic mass is 16.5. The van der Waals surface area contributed by atoms with Crippen LogP contribution in [0.15, 0.2) is 47.3 Å². The van der Waals surface area contributed by atoms with Crippen LogP contribution in [0.25, 0.3) is 11.0 Å². The van der Waals surface area contributed by atoms with E-state index in [2.05, 4.69) is 43.2 Å². The molecule has 6 nitrogen and oxygen atoms in total. The summed E-state index contributed by atoms with van der Waals surface area (Å²) in [7, 11) is 0. The molecule has 0 atom stereocenters. The third-order valence-electron chi connectivity index (χ3n) is 5.06. The average Bonchev–Trinajstić information content (AvgIpc) is 2.71. The summed E-state index contributed by atoms with van der Waals surface area (Å²) in [5.41, 5.74) is 3.54. The number of nitrogens with one attached hydrogen (secondary N) is 1. The van der Waals surface area contributed by atoms with Crippen LogP contribution in [-0.2, 0) is 12.0 Å². The number of fused-ring (bicyclic) bond motifs is 1. The largest absolute Gasteiger partial charge is 0.492 e. The lowest BCUT2D eigenvalue weighted by Gasteiger charge is -2.19. The van der Waals surface area contributed by atoms with Crippen LogP contribution in [0.1, 0.15) is 49.3 Å². The normalized spacial score (nSPS) is 11.5. The predicted molar refractivity (Wildman–Crippen MR) is 119 cm³/mol. The summed E-state index contributed by atoms with van der Waals surface area (Å²) in [6.07, 6.45) is 0. The molecule has 158 valence electrons. The van der Waals surface area contributed by atoms with Crippen molar-refractivity contribution in [3.63, 3.8) is 0 Å². The SMILES string of the molecule is CCn1c(=O)c(C)nc2cc(C(=O)NCCOc3ccc(C(C)(C)C)cc3)ccc21. The Bertz CT molecular complexity index is 1110. The summed E-state index contributed by atoms with van der Waals surface area (Å²) < 4.78 is 7.39. The molecule has 0 saturated carbocycles. The standard InChI is InChI=1S/C24H29N3O3/c1-6-27-21-12-7-17(15-20(21)26-16(2)23(27)29)22(28)25-13-14-30-19-10-8-18(9-11-19)24(3,4)5/h7-12,15H,6,13-14H2,1-5H3,(H,25,28). The maximum absolute atomic E-state index is 12.5. The molecule has 0 saturated heterocycles. The summed E-state index contributed by atoms with van der Waals surface area (Å²) in [4.78, 5) is 29.0. The highest BCUT2D eigenvalue weighted by Crippen LogP contribution is 2.24. The highest BCUT2D eigenvalue weighted by molar-refractivity contribution is 5.97. The van der Waals surface area contributed by atoms with Gasteiger partial charge in [-0.3, -0.25) is 9.59 Å². The Balaban J connectivity index is 1.60. The maximum atomic E-state index is 12.5. The number of amides is 1. The highest BCUT2D eigenvalue weighted by Gasteiger charge is 2.13. The maximum Gasteiger partial charge on any atom is 0.272 e. The van der Waals surface area contributed by atoms with Crippen LogP contribution in [0.4, 0.5) is 0 Å². The first-order valence-corrected chi connectivity index (χ1v) is 10.2. The van der Waals surface area contributed by atoms with Gasteiger partial charge >= 0.3 is 0 Å². The molecule has 0 radical (unpaired) electrons.